The molecule has 3 rings (SSSR count). The lowest BCUT2D eigenvalue weighted by Crippen LogP contribution is -2.28. The largest absolute Gasteiger partial charge is 0.468 e. The first-order valence-electron chi connectivity index (χ1n) is 10.2. The van der Waals surface area contributed by atoms with Crippen molar-refractivity contribution < 1.29 is 31.6 Å². The van der Waals surface area contributed by atoms with Crippen molar-refractivity contribution in [3.05, 3.63) is 95.2 Å². The van der Waals surface area contributed by atoms with Crippen LogP contribution in [0.15, 0.2) is 76.2 Å². The van der Waals surface area contributed by atoms with Gasteiger partial charge in [-0.2, -0.15) is 0 Å². The number of hydrogen-bond acceptors (Lipinski definition) is 6. The number of nitrogens with one attached hydrogen (secondary N) is 2. The summed E-state index contributed by atoms with van der Waals surface area (Å²) in [5.74, 6) is -1.15. The molecule has 0 fully saturated rings. The SMILES string of the molecule is Cc1ccc(CNC(=O)COC(=O)/C=C/c2ccc(S(=O)(=O)NCc3ccco3)cc2)cc1F. The fourth-order valence-corrected chi connectivity index (χ4v) is 3.76. The van der Waals surface area contributed by atoms with Gasteiger partial charge in [-0.05, 0) is 60.0 Å². The lowest BCUT2D eigenvalue weighted by Gasteiger charge is -2.07. The molecule has 2 aromatic carbocycles. The van der Waals surface area contributed by atoms with Gasteiger partial charge in [-0.25, -0.2) is 22.3 Å². The molecule has 0 aliphatic heterocycles. The summed E-state index contributed by atoms with van der Waals surface area (Å²) in [7, 11) is -3.72. The molecule has 0 atom stereocenters. The van der Waals surface area contributed by atoms with Crippen LogP contribution >= 0.6 is 0 Å². The number of esters is 1. The molecule has 1 heterocycles. The molecular formula is C24H23FN2O6S. The van der Waals surface area contributed by atoms with Gasteiger partial charge in [-0.1, -0.05) is 24.3 Å². The Kier molecular flexibility index (Phi) is 8.34. The van der Waals surface area contributed by atoms with Crippen molar-refractivity contribution in [2.24, 2.45) is 0 Å². The molecule has 10 heteroatoms. The summed E-state index contributed by atoms with van der Waals surface area (Å²) in [4.78, 5) is 23.7. The van der Waals surface area contributed by atoms with Gasteiger partial charge in [-0.15, -0.1) is 0 Å². The minimum atomic E-state index is -3.72. The molecule has 0 radical (unpaired) electrons. The minimum absolute atomic E-state index is 0.0261. The smallest absolute Gasteiger partial charge is 0.331 e. The third-order valence-electron chi connectivity index (χ3n) is 4.69. The topological polar surface area (TPSA) is 115 Å². The van der Waals surface area contributed by atoms with E-state index in [1.54, 1.807) is 31.2 Å². The molecule has 1 amide bonds. The first-order valence-corrected chi connectivity index (χ1v) is 11.7. The van der Waals surface area contributed by atoms with Gasteiger partial charge in [0.15, 0.2) is 6.61 Å². The van der Waals surface area contributed by atoms with E-state index in [1.807, 2.05) is 0 Å². The van der Waals surface area contributed by atoms with Crippen LogP contribution in [0.1, 0.15) is 22.5 Å². The number of rotatable bonds is 10. The molecule has 3 aromatic rings. The molecule has 0 spiro atoms. The number of ether oxygens (including phenoxy) is 1. The highest BCUT2D eigenvalue weighted by Crippen LogP contribution is 2.13. The normalized spacial score (nSPS) is 11.5. The van der Waals surface area contributed by atoms with E-state index < -0.39 is 28.5 Å². The van der Waals surface area contributed by atoms with E-state index >= 15 is 0 Å². The van der Waals surface area contributed by atoms with Crippen LogP contribution in [-0.2, 0) is 37.4 Å². The predicted octanol–water partition coefficient (Wildman–Crippen LogP) is 3.08. The van der Waals surface area contributed by atoms with Crippen LogP contribution in [0.25, 0.3) is 6.08 Å². The van der Waals surface area contributed by atoms with Gasteiger partial charge in [0.1, 0.15) is 11.6 Å². The van der Waals surface area contributed by atoms with Crippen molar-refractivity contribution in [3.63, 3.8) is 0 Å². The second-order valence-corrected chi connectivity index (χ2v) is 9.04. The Morgan fingerprint density at radius 3 is 2.53 bits per heavy atom. The van der Waals surface area contributed by atoms with Gasteiger partial charge in [0, 0.05) is 12.6 Å². The molecule has 1 aromatic heterocycles. The Balaban J connectivity index is 1.44. The summed E-state index contributed by atoms with van der Waals surface area (Å²) < 4.78 is 50.6. The molecule has 2 N–H and O–H groups in total. The van der Waals surface area contributed by atoms with Gasteiger partial charge in [-0.3, -0.25) is 4.79 Å². The first kappa shape index (κ1) is 24.9. The van der Waals surface area contributed by atoms with Crippen LogP contribution in [0.2, 0.25) is 0 Å². The van der Waals surface area contributed by atoms with Crippen LogP contribution in [0.3, 0.4) is 0 Å². The number of furan rings is 1. The number of hydrogen-bond donors (Lipinski definition) is 2. The van der Waals surface area contributed by atoms with E-state index in [4.69, 9.17) is 9.15 Å². The number of sulfonamides is 1. The van der Waals surface area contributed by atoms with Gasteiger partial charge in [0.05, 0.1) is 17.7 Å². The number of benzene rings is 2. The van der Waals surface area contributed by atoms with E-state index in [2.05, 4.69) is 10.0 Å². The molecular weight excluding hydrogens is 463 g/mol. The minimum Gasteiger partial charge on any atom is -0.468 e. The molecule has 34 heavy (non-hydrogen) atoms. The van der Waals surface area contributed by atoms with Crippen molar-refractivity contribution in [3.8, 4) is 0 Å². The highest BCUT2D eigenvalue weighted by molar-refractivity contribution is 7.89. The van der Waals surface area contributed by atoms with Crippen LogP contribution in [0.5, 0.6) is 0 Å². The average molecular weight is 487 g/mol. The average Bonchev–Trinajstić information content (AvgIpc) is 3.35. The molecule has 0 unspecified atom stereocenters. The number of carbonyl (C=O) groups excluding carboxylic acids is 2. The summed E-state index contributed by atoms with van der Waals surface area (Å²) in [6, 6.07) is 13.8. The van der Waals surface area contributed by atoms with E-state index in [-0.39, 0.29) is 23.8 Å². The quantitative estimate of drug-likeness (QED) is 0.336. The Labute approximate surface area is 196 Å². The zero-order valence-corrected chi connectivity index (χ0v) is 19.1. The van der Waals surface area contributed by atoms with Gasteiger partial charge in [0.2, 0.25) is 10.0 Å². The Morgan fingerprint density at radius 2 is 1.85 bits per heavy atom. The summed E-state index contributed by atoms with van der Waals surface area (Å²) in [6.07, 6.45) is 4.01. The predicted molar refractivity (Wildman–Crippen MR) is 122 cm³/mol. The molecule has 0 bridgehead atoms. The number of carbonyl (C=O) groups is 2. The second-order valence-electron chi connectivity index (χ2n) is 7.27. The van der Waals surface area contributed by atoms with E-state index in [9.17, 15) is 22.4 Å². The third kappa shape index (κ3) is 7.39. The third-order valence-corrected chi connectivity index (χ3v) is 6.11. The molecule has 178 valence electrons. The maximum Gasteiger partial charge on any atom is 0.331 e. The van der Waals surface area contributed by atoms with Crippen LogP contribution in [0, 0.1) is 12.7 Å². The zero-order chi connectivity index (χ0) is 24.6. The summed E-state index contributed by atoms with van der Waals surface area (Å²) in [6.45, 7) is 1.28. The Hall–Kier alpha value is -3.76. The Morgan fingerprint density at radius 1 is 1.09 bits per heavy atom. The maximum atomic E-state index is 13.5. The first-order chi connectivity index (χ1) is 16.2. The van der Waals surface area contributed by atoms with Gasteiger partial charge < -0.3 is 14.5 Å². The highest BCUT2D eigenvalue weighted by atomic mass is 32.2. The van der Waals surface area contributed by atoms with Crippen LogP contribution in [-0.4, -0.2) is 26.9 Å². The van der Waals surface area contributed by atoms with Crippen molar-refractivity contribution in [1.29, 1.82) is 0 Å². The Bertz CT molecular complexity index is 1270. The molecule has 0 aliphatic rings. The standard InChI is InChI=1S/C24H23FN2O6S/c1-17-4-5-19(13-22(17)25)14-26-23(28)16-33-24(29)11-8-18-6-9-21(10-7-18)34(30,31)27-15-20-3-2-12-32-20/h2-13,27H,14-16H2,1H3,(H,26,28)/b11-8+. The van der Waals surface area contributed by atoms with Crippen molar-refractivity contribution in [2.75, 3.05) is 6.61 Å². The second kappa shape index (κ2) is 11.4. The monoisotopic (exact) mass is 486 g/mol. The van der Waals surface area contributed by atoms with Gasteiger partial charge >= 0.3 is 5.97 Å². The fraction of sp³-hybridized carbons (Fsp3) is 0.167. The van der Waals surface area contributed by atoms with Crippen molar-refractivity contribution in [1.82, 2.24) is 10.0 Å². The number of halogens is 1. The summed E-state index contributed by atoms with van der Waals surface area (Å²) in [5.41, 5.74) is 1.66. The van der Waals surface area contributed by atoms with Gasteiger partial charge in [0.25, 0.3) is 5.91 Å². The zero-order valence-electron chi connectivity index (χ0n) is 18.3. The van der Waals surface area contributed by atoms with Crippen LogP contribution in [0.4, 0.5) is 4.39 Å². The fourth-order valence-electron chi connectivity index (χ4n) is 2.77. The van der Waals surface area contributed by atoms with E-state index in [0.29, 0.717) is 22.5 Å². The molecule has 0 saturated carbocycles. The highest BCUT2D eigenvalue weighted by Gasteiger charge is 2.14. The lowest BCUT2D eigenvalue weighted by atomic mass is 10.1. The van der Waals surface area contributed by atoms with E-state index in [0.717, 1.165) is 6.08 Å². The number of aryl methyl sites for hydroxylation is 1. The summed E-state index contributed by atoms with van der Waals surface area (Å²) in [5, 5.41) is 2.54. The van der Waals surface area contributed by atoms with Crippen LogP contribution < -0.4 is 10.0 Å². The molecule has 8 nitrogen and oxygen atoms in total. The lowest BCUT2D eigenvalue weighted by molar-refractivity contribution is -0.143. The molecule has 0 aliphatic carbocycles. The van der Waals surface area contributed by atoms with Crippen molar-refractivity contribution >= 4 is 28.0 Å². The van der Waals surface area contributed by atoms with E-state index in [1.165, 1.54) is 42.7 Å². The maximum absolute atomic E-state index is 13.5. The number of amides is 1. The van der Waals surface area contributed by atoms with Crippen molar-refractivity contribution in [2.45, 2.75) is 24.9 Å². The molecule has 0 saturated heterocycles. The summed E-state index contributed by atoms with van der Waals surface area (Å²) >= 11 is 0.